The summed E-state index contributed by atoms with van der Waals surface area (Å²) in [5.41, 5.74) is 11.9. The summed E-state index contributed by atoms with van der Waals surface area (Å²) in [6.07, 6.45) is 6.27. The quantitative estimate of drug-likeness (QED) is 0.731. The minimum Gasteiger partial charge on any atom is -0.497 e. The molecule has 6 nitrogen and oxygen atoms in total. The van der Waals surface area contributed by atoms with Crippen molar-refractivity contribution in [1.29, 1.82) is 0 Å². The molecule has 2 heterocycles. The predicted molar refractivity (Wildman–Crippen MR) is 58.0 cm³/mol. The molecule has 0 bridgehead atoms. The van der Waals surface area contributed by atoms with Crippen LogP contribution in [0, 0.1) is 0 Å². The number of hydrogen-bond acceptors (Lipinski definition) is 5. The molecule has 0 aliphatic carbocycles. The Morgan fingerprint density at radius 3 is 2.94 bits per heavy atom. The first-order valence-electron chi connectivity index (χ1n) is 4.59. The van der Waals surface area contributed by atoms with Gasteiger partial charge in [-0.05, 0) is 12.2 Å². The molecule has 0 saturated heterocycles. The Kier molecular flexibility index (Phi) is 2.55. The molecule has 0 unspecified atom stereocenters. The van der Waals surface area contributed by atoms with Crippen molar-refractivity contribution in [3.8, 4) is 0 Å². The van der Waals surface area contributed by atoms with Crippen LogP contribution < -0.4 is 11.5 Å². The first kappa shape index (κ1) is 10.2. The zero-order chi connectivity index (χ0) is 11.5. The lowest BCUT2D eigenvalue weighted by molar-refractivity contribution is 0.0995. The molecular weight excluding hydrogens is 208 g/mol. The number of rotatable bonds is 2. The Labute approximate surface area is 91.6 Å². The lowest BCUT2D eigenvalue weighted by Gasteiger charge is -2.10. The molecule has 0 atom stereocenters. The van der Waals surface area contributed by atoms with Crippen LogP contribution in [0.25, 0.3) is 5.57 Å². The number of nitrogen functional groups attached to an aromatic ring is 1. The van der Waals surface area contributed by atoms with Crippen molar-refractivity contribution >= 4 is 17.3 Å². The maximum atomic E-state index is 11.2. The highest BCUT2D eigenvalue weighted by Crippen LogP contribution is 2.19. The zero-order valence-corrected chi connectivity index (χ0v) is 8.38. The van der Waals surface area contributed by atoms with Crippen molar-refractivity contribution in [3.05, 3.63) is 36.0 Å². The van der Waals surface area contributed by atoms with Crippen LogP contribution in [0.2, 0.25) is 0 Å². The fourth-order valence-electron chi connectivity index (χ4n) is 1.34. The van der Waals surface area contributed by atoms with Crippen LogP contribution >= 0.6 is 0 Å². The van der Waals surface area contributed by atoms with Crippen LogP contribution in [0.1, 0.15) is 16.2 Å². The van der Waals surface area contributed by atoms with E-state index in [0.29, 0.717) is 12.3 Å². The van der Waals surface area contributed by atoms with Gasteiger partial charge in [0.2, 0.25) is 0 Å². The lowest BCUT2D eigenvalue weighted by atomic mass is 10.1. The van der Waals surface area contributed by atoms with E-state index in [4.69, 9.17) is 16.2 Å². The number of ether oxygens (including phenoxy) is 1. The van der Waals surface area contributed by atoms with Crippen molar-refractivity contribution in [2.24, 2.45) is 5.73 Å². The fraction of sp³-hybridized carbons (Fsp3) is 0.100. The highest BCUT2D eigenvalue weighted by molar-refractivity contribution is 5.96. The highest BCUT2D eigenvalue weighted by atomic mass is 16.5. The third kappa shape index (κ3) is 1.85. The second kappa shape index (κ2) is 4.01. The maximum Gasteiger partial charge on any atom is 0.269 e. The molecule has 1 aliphatic rings. The van der Waals surface area contributed by atoms with Crippen molar-refractivity contribution < 1.29 is 9.53 Å². The summed E-state index contributed by atoms with van der Waals surface area (Å²) in [4.78, 5) is 19.1. The van der Waals surface area contributed by atoms with Gasteiger partial charge in [0.05, 0.1) is 12.5 Å². The molecule has 6 heteroatoms. The van der Waals surface area contributed by atoms with Gasteiger partial charge < -0.3 is 16.2 Å². The Hall–Kier alpha value is -2.37. The van der Waals surface area contributed by atoms with Gasteiger partial charge in [-0.15, -0.1) is 0 Å². The number of hydrogen-bond donors (Lipinski definition) is 2. The van der Waals surface area contributed by atoms with E-state index in [-0.39, 0.29) is 11.5 Å². The van der Waals surface area contributed by atoms with Crippen molar-refractivity contribution in [2.45, 2.75) is 0 Å². The average Bonchev–Trinajstić information content (AvgIpc) is 2.29. The molecule has 1 aromatic rings. The molecule has 2 rings (SSSR count). The first-order valence-corrected chi connectivity index (χ1v) is 4.59. The normalized spacial score (nSPS) is 14.1. The lowest BCUT2D eigenvalue weighted by Crippen LogP contribution is -2.17. The number of amides is 1. The maximum absolute atomic E-state index is 11.2. The first-order chi connectivity index (χ1) is 7.68. The number of carbonyl (C=O) groups is 1. The van der Waals surface area contributed by atoms with E-state index in [1.807, 2.05) is 0 Å². The van der Waals surface area contributed by atoms with E-state index in [0.717, 1.165) is 5.57 Å². The molecule has 0 spiro atoms. The van der Waals surface area contributed by atoms with Crippen LogP contribution in [0.5, 0.6) is 0 Å². The summed E-state index contributed by atoms with van der Waals surface area (Å²) in [7, 11) is 0. The van der Waals surface area contributed by atoms with Crippen LogP contribution in [-0.2, 0) is 4.74 Å². The zero-order valence-electron chi connectivity index (χ0n) is 8.38. The van der Waals surface area contributed by atoms with Crippen LogP contribution in [0.3, 0.4) is 0 Å². The van der Waals surface area contributed by atoms with Gasteiger partial charge in [-0.2, -0.15) is 0 Å². The molecule has 0 fully saturated rings. The highest BCUT2D eigenvalue weighted by Gasteiger charge is 2.15. The van der Waals surface area contributed by atoms with Gasteiger partial charge in [-0.25, -0.2) is 9.97 Å². The monoisotopic (exact) mass is 218 g/mol. The van der Waals surface area contributed by atoms with E-state index in [1.54, 1.807) is 12.2 Å². The minimum absolute atomic E-state index is 0.104. The van der Waals surface area contributed by atoms with Crippen LogP contribution in [0.4, 0.5) is 5.82 Å². The molecule has 1 amide bonds. The van der Waals surface area contributed by atoms with E-state index in [9.17, 15) is 4.79 Å². The second-order valence-electron chi connectivity index (χ2n) is 3.15. The molecule has 0 saturated carbocycles. The average molecular weight is 218 g/mol. The number of aromatic nitrogens is 2. The van der Waals surface area contributed by atoms with E-state index in [1.165, 1.54) is 12.5 Å². The van der Waals surface area contributed by atoms with E-state index in [2.05, 4.69) is 9.97 Å². The summed E-state index contributed by atoms with van der Waals surface area (Å²) in [5, 5.41) is 0. The standard InChI is InChI=1S/C10H10N4O2/c11-7-5-13-9(10(12)15)8(14-7)6-1-3-16-4-2-6/h1-3,5H,4H2,(H2,11,14)(H2,12,15). The molecular formula is C10H10N4O2. The van der Waals surface area contributed by atoms with Crippen molar-refractivity contribution in [2.75, 3.05) is 12.3 Å². The fourth-order valence-corrected chi connectivity index (χ4v) is 1.34. The largest absolute Gasteiger partial charge is 0.497 e. The van der Waals surface area contributed by atoms with Crippen LogP contribution in [-0.4, -0.2) is 22.5 Å². The van der Waals surface area contributed by atoms with Gasteiger partial charge in [-0.1, -0.05) is 0 Å². The van der Waals surface area contributed by atoms with E-state index >= 15 is 0 Å². The summed E-state index contributed by atoms with van der Waals surface area (Å²) < 4.78 is 5.00. The topological polar surface area (TPSA) is 104 Å². The second-order valence-corrected chi connectivity index (χ2v) is 3.15. The SMILES string of the molecule is NC(=O)c1ncc(N)nc1C1=CCOC=C1. The number of allylic oxidation sites excluding steroid dienone is 2. The molecule has 0 radical (unpaired) electrons. The molecule has 0 aromatic carbocycles. The van der Waals surface area contributed by atoms with E-state index < -0.39 is 5.91 Å². The number of anilines is 1. The summed E-state index contributed by atoms with van der Waals surface area (Å²) >= 11 is 0. The Balaban J connectivity index is 2.53. The molecule has 16 heavy (non-hydrogen) atoms. The van der Waals surface area contributed by atoms with Gasteiger partial charge in [0.1, 0.15) is 18.1 Å². The smallest absolute Gasteiger partial charge is 0.269 e. The van der Waals surface area contributed by atoms with Gasteiger partial charge in [0, 0.05) is 5.57 Å². The molecule has 1 aromatic heterocycles. The summed E-state index contributed by atoms with van der Waals surface area (Å²) in [6, 6.07) is 0. The summed E-state index contributed by atoms with van der Waals surface area (Å²) in [5.74, 6) is -0.399. The van der Waals surface area contributed by atoms with Gasteiger partial charge in [-0.3, -0.25) is 4.79 Å². The molecule has 1 aliphatic heterocycles. The Morgan fingerprint density at radius 1 is 1.50 bits per heavy atom. The van der Waals surface area contributed by atoms with Crippen LogP contribution in [0.15, 0.2) is 24.6 Å². The Bertz CT molecular complexity index is 494. The predicted octanol–water partition coefficient (Wildman–Crippen LogP) is 0.0850. The van der Waals surface area contributed by atoms with Gasteiger partial charge in [0.25, 0.3) is 5.91 Å². The molecule has 82 valence electrons. The third-order valence-electron chi connectivity index (χ3n) is 2.04. The summed E-state index contributed by atoms with van der Waals surface area (Å²) in [6.45, 7) is 0.417. The number of nitrogens with two attached hydrogens (primary N) is 2. The van der Waals surface area contributed by atoms with Crippen molar-refractivity contribution in [3.63, 3.8) is 0 Å². The number of primary amides is 1. The minimum atomic E-state index is -0.636. The molecule has 4 N–H and O–H groups in total. The van der Waals surface area contributed by atoms with Gasteiger partial charge >= 0.3 is 0 Å². The number of carbonyl (C=O) groups excluding carboxylic acids is 1. The van der Waals surface area contributed by atoms with Gasteiger partial charge in [0.15, 0.2) is 5.69 Å². The van der Waals surface area contributed by atoms with Crippen molar-refractivity contribution in [1.82, 2.24) is 9.97 Å². The number of nitrogens with zero attached hydrogens (tertiary/aromatic N) is 2. The third-order valence-corrected chi connectivity index (χ3v) is 2.04. The Morgan fingerprint density at radius 2 is 2.31 bits per heavy atom.